The Kier molecular flexibility index (Phi) is 9.31. The molecule has 9 aromatic carbocycles. The Bertz CT molecular complexity index is 3500. The van der Waals surface area contributed by atoms with Crippen LogP contribution in [0, 0.1) is 23.7 Å². The molecule has 0 aliphatic heterocycles. The molecule has 3 heteroatoms. The highest BCUT2D eigenvalue weighted by molar-refractivity contribution is 6.04. The normalized spacial score (nSPS) is 21.5. The number of benzene rings is 9. The van der Waals surface area contributed by atoms with E-state index in [0.29, 0.717) is 29.3 Å². The van der Waals surface area contributed by atoms with Crippen LogP contribution >= 0.6 is 0 Å². The summed E-state index contributed by atoms with van der Waals surface area (Å²) in [6, 6.07) is 82.9. The lowest BCUT2D eigenvalue weighted by Crippen LogP contribution is -2.59. The van der Waals surface area contributed by atoms with Crippen LogP contribution in [0.3, 0.4) is 0 Å². The predicted molar refractivity (Wildman–Crippen MR) is 281 cm³/mol. The average molecular weight is 886 g/mol. The van der Waals surface area contributed by atoms with E-state index in [1.807, 2.05) is 18.2 Å². The van der Waals surface area contributed by atoms with Crippen LogP contribution in [-0.4, -0.2) is 15.0 Å². The van der Waals surface area contributed by atoms with E-state index < -0.39 is 5.41 Å². The van der Waals surface area contributed by atoms with Gasteiger partial charge in [0, 0.05) is 22.1 Å². The van der Waals surface area contributed by atoms with Crippen LogP contribution in [0.5, 0.6) is 0 Å². The molecule has 4 saturated carbocycles. The summed E-state index contributed by atoms with van der Waals surface area (Å²) in [4.78, 5) is 15.8. The van der Waals surface area contributed by atoms with Gasteiger partial charge < -0.3 is 0 Å². The Morgan fingerprint density at radius 1 is 0.304 bits per heavy atom. The van der Waals surface area contributed by atoms with Crippen molar-refractivity contribution in [3.05, 3.63) is 258 Å². The summed E-state index contributed by atoms with van der Waals surface area (Å²) in [5, 5.41) is 2.29. The first-order valence-corrected chi connectivity index (χ1v) is 25.0. The number of fused-ring (bicyclic) bond motifs is 3. The molecule has 0 amide bonds. The average Bonchev–Trinajstić information content (AvgIpc) is 3.42. The molecule has 0 unspecified atom stereocenters. The second-order valence-electron chi connectivity index (χ2n) is 20.3. The fourth-order valence-electron chi connectivity index (χ4n) is 14.4. The molecule has 1 spiro atoms. The molecular weight excluding hydrogens is 835 g/mol. The summed E-state index contributed by atoms with van der Waals surface area (Å²) >= 11 is 0. The molecular formula is C66H51N3. The van der Waals surface area contributed by atoms with Crippen LogP contribution in [0.15, 0.2) is 224 Å². The molecule has 15 rings (SSSR count). The Morgan fingerprint density at radius 3 is 1.41 bits per heavy atom. The quantitative estimate of drug-likeness (QED) is 0.160. The van der Waals surface area contributed by atoms with Crippen molar-refractivity contribution in [2.24, 2.45) is 23.7 Å². The minimum atomic E-state index is -0.523. The molecule has 4 fully saturated rings. The lowest BCUT2D eigenvalue weighted by atomic mass is 9.38. The van der Waals surface area contributed by atoms with E-state index in [0.717, 1.165) is 45.0 Å². The Labute approximate surface area is 404 Å². The van der Waals surface area contributed by atoms with Crippen LogP contribution in [0.25, 0.3) is 67.2 Å². The molecule has 0 atom stereocenters. The number of nitrogens with zero attached hydrogens (tertiary/aromatic N) is 3. The van der Waals surface area contributed by atoms with Crippen molar-refractivity contribution in [1.29, 1.82) is 0 Å². The smallest absolute Gasteiger partial charge is 0.164 e. The van der Waals surface area contributed by atoms with E-state index in [1.54, 1.807) is 11.1 Å². The van der Waals surface area contributed by atoms with E-state index in [1.165, 1.54) is 70.9 Å². The van der Waals surface area contributed by atoms with Crippen LogP contribution in [0.2, 0.25) is 0 Å². The van der Waals surface area contributed by atoms with Gasteiger partial charge in [-0.3, -0.25) is 0 Å². The summed E-state index contributed by atoms with van der Waals surface area (Å²) in [7, 11) is 0. The van der Waals surface area contributed by atoms with Crippen molar-refractivity contribution < 1.29 is 0 Å². The zero-order chi connectivity index (χ0) is 45.5. The summed E-state index contributed by atoms with van der Waals surface area (Å²) in [5.74, 6) is 4.94. The van der Waals surface area contributed by atoms with Gasteiger partial charge in [0.05, 0.1) is 5.41 Å². The fraction of sp³-hybridized carbons (Fsp3) is 0.167. The number of hydrogen-bond donors (Lipinski definition) is 0. The molecule has 0 saturated heterocycles. The maximum atomic E-state index is 5.37. The molecule has 3 nitrogen and oxygen atoms in total. The SMILES string of the molecule is c1ccc(-c2nc(-c3ccccc3-c3ccccc3)nc(-c3ccc(-c4ccc5c(c4)C(c4ccccc4)(c4ccccc4)c4ccccc4C54C5CC6CC(C5)CC4C6)c4ccccc34)n2)cc1. The maximum Gasteiger partial charge on any atom is 0.164 e. The van der Waals surface area contributed by atoms with Crippen LogP contribution < -0.4 is 0 Å². The molecule has 5 aliphatic rings. The summed E-state index contributed by atoms with van der Waals surface area (Å²) in [6.07, 6.45) is 6.77. The first kappa shape index (κ1) is 40.3. The second kappa shape index (κ2) is 15.9. The first-order valence-electron chi connectivity index (χ1n) is 25.0. The monoisotopic (exact) mass is 885 g/mol. The van der Waals surface area contributed by atoms with Crippen molar-refractivity contribution in [1.82, 2.24) is 15.0 Å². The van der Waals surface area contributed by atoms with E-state index in [9.17, 15) is 0 Å². The highest BCUT2D eigenvalue weighted by Gasteiger charge is 2.63. The van der Waals surface area contributed by atoms with Gasteiger partial charge in [-0.25, -0.2) is 15.0 Å². The number of hydrogen-bond acceptors (Lipinski definition) is 3. The summed E-state index contributed by atoms with van der Waals surface area (Å²) in [5.41, 5.74) is 15.6. The molecule has 10 aromatic rings. The van der Waals surface area contributed by atoms with Gasteiger partial charge in [-0.1, -0.05) is 212 Å². The molecule has 0 N–H and O–H groups in total. The third-order valence-corrected chi connectivity index (χ3v) is 16.9. The highest BCUT2D eigenvalue weighted by atomic mass is 15.0. The summed E-state index contributed by atoms with van der Waals surface area (Å²) in [6.45, 7) is 0. The molecule has 1 heterocycles. The van der Waals surface area contributed by atoms with Gasteiger partial charge >= 0.3 is 0 Å². The minimum Gasteiger partial charge on any atom is -0.208 e. The lowest BCUT2D eigenvalue weighted by Gasteiger charge is -2.65. The highest BCUT2D eigenvalue weighted by Crippen LogP contribution is 2.70. The molecule has 0 radical (unpaired) electrons. The molecule has 4 bridgehead atoms. The largest absolute Gasteiger partial charge is 0.208 e. The van der Waals surface area contributed by atoms with Crippen molar-refractivity contribution in [2.45, 2.75) is 42.9 Å². The van der Waals surface area contributed by atoms with Crippen molar-refractivity contribution in [3.63, 3.8) is 0 Å². The molecule has 69 heavy (non-hydrogen) atoms. The van der Waals surface area contributed by atoms with Gasteiger partial charge in [-0.15, -0.1) is 0 Å². The Morgan fingerprint density at radius 2 is 0.768 bits per heavy atom. The predicted octanol–water partition coefficient (Wildman–Crippen LogP) is 15.8. The van der Waals surface area contributed by atoms with Gasteiger partial charge in [0.1, 0.15) is 0 Å². The minimum absolute atomic E-state index is 0.0250. The summed E-state index contributed by atoms with van der Waals surface area (Å²) < 4.78 is 0. The first-order chi connectivity index (χ1) is 34.2. The zero-order valence-corrected chi connectivity index (χ0v) is 38.5. The molecule has 5 aliphatic carbocycles. The Balaban J connectivity index is 1.00. The fourth-order valence-corrected chi connectivity index (χ4v) is 14.4. The van der Waals surface area contributed by atoms with Crippen LogP contribution in [0.4, 0.5) is 0 Å². The van der Waals surface area contributed by atoms with Gasteiger partial charge in [0.15, 0.2) is 17.5 Å². The van der Waals surface area contributed by atoms with Gasteiger partial charge in [-0.2, -0.15) is 0 Å². The van der Waals surface area contributed by atoms with Crippen LogP contribution in [0.1, 0.15) is 65.5 Å². The van der Waals surface area contributed by atoms with Crippen LogP contribution in [-0.2, 0) is 10.8 Å². The van der Waals surface area contributed by atoms with Crippen molar-refractivity contribution in [2.75, 3.05) is 0 Å². The van der Waals surface area contributed by atoms with E-state index >= 15 is 0 Å². The van der Waals surface area contributed by atoms with Gasteiger partial charge in [0.2, 0.25) is 0 Å². The zero-order valence-electron chi connectivity index (χ0n) is 38.5. The second-order valence-corrected chi connectivity index (χ2v) is 20.3. The Hall–Kier alpha value is -7.75. The lowest BCUT2D eigenvalue weighted by molar-refractivity contribution is -0.0440. The van der Waals surface area contributed by atoms with E-state index in [-0.39, 0.29) is 5.41 Å². The van der Waals surface area contributed by atoms with E-state index in [4.69, 9.17) is 15.0 Å². The van der Waals surface area contributed by atoms with Gasteiger partial charge in [0.25, 0.3) is 0 Å². The standard InChI is InChI=1S/C66H51N3/c1-5-19-45(20-6-1)52-27-13-16-30-56(52)63-67-62(46-21-7-2-8-22-46)68-64(69-63)57-35-34-53(54-28-14-15-29-55(54)57)47-33-36-60-61(42-47)65(48-23-9-3-10-24-48,49-25-11-4-12-26-49)58-31-17-18-32-59(58)66(60)50-38-43-37-44(40-50)41-51(66)39-43/h1-36,42-44,50-51H,37-41H2. The van der Waals surface area contributed by atoms with Gasteiger partial charge in [-0.05, 0) is 134 Å². The molecule has 1 aromatic heterocycles. The number of aromatic nitrogens is 3. The molecule has 330 valence electrons. The maximum absolute atomic E-state index is 5.37. The van der Waals surface area contributed by atoms with Crippen molar-refractivity contribution >= 4 is 10.8 Å². The third kappa shape index (κ3) is 6.09. The third-order valence-electron chi connectivity index (χ3n) is 16.9. The number of rotatable bonds is 7. The topological polar surface area (TPSA) is 38.7 Å². The van der Waals surface area contributed by atoms with Crippen molar-refractivity contribution in [3.8, 4) is 56.4 Å². The van der Waals surface area contributed by atoms with E-state index in [2.05, 4.69) is 206 Å².